The van der Waals surface area contributed by atoms with Crippen molar-refractivity contribution in [3.05, 3.63) is 129 Å². The van der Waals surface area contributed by atoms with Gasteiger partial charge in [-0.1, -0.05) is 55.4 Å². The summed E-state index contributed by atoms with van der Waals surface area (Å²) in [6.07, 6.45) is 2.22. The van der Waals surface area contributed by atoms with Crippen LogP contribution in [0, 0.1) is 40.5 Å². The Morgan fingerprint density at radius 2 is 0.500 bits per heavy atom. The molecule has 1 aliphatic heterocycles. The highest BCUT2D eigenvalue weighted by Crippen LogP contribution is 2.32. The Balaban J connectivity index is 2.33. The van der Waals surface area contributed by atoms with Crippen molar-refractivity contribution in [3.8, 4) is 0 Å². The second-order valence-corrected chi connectivity index (χ2v) is 12.6. The van der Waals surface area contributed by atoms with Gasteiger partial charge in [0.25, 0.3) is 0 Å². The standard InChI is InChI=1S/C36H44N8O8/c1-9-17-18(10-2)26-34(42(47)48)28-21(13-5)22(14-6)30(39-28)36(44(51)52)32-24(16-8)23(15-7)31(40-32)35(43(49)50)29-20(12-4)19(11-3)27(38-29)33(41(45)46)25(17)37-26/h37-40H,9-16H2,1-8H3. The number of hydrogen-bond acceptors (Lipinski definition) is 8. The summed E-state index contributed by atoms with van der Waals surface area (Å²) in [4.78, 5) is 63.0. The molecule has 0 saturated carbocycles. The third kappa shape index (κ3) is 5.52. The highest BCUT2D eigenvalue weighted by Gasteiger charge is 2.37. The van der Waals surface area contributed by atoms with E-state index in [2.05, 4.69) is 19.9 Å². The zero-order valence-electron chi connectivity index (χ0n) is 30.7. The molecule has 0 spiro atoms. The van der Waals surface area contributed by atoms with Crippen molar-refractivity contribution in [1.29, 1.82) is 0 Å². The number of nitrogens with zero attached hydrogens (tertiary/aromatic N) is 4. The summed E-state index contributed by atoms with van der Waals surface area (Å²) >= 11 is 0. The minimum absolute atomic E-state index is 0.0568. The van der Waals surface area contributed by atoms with Crippen LogP contribution in [0.1, 0.15) is 123 Å². The Morgan fingerprint density at radius 1 is 0.327 bits per heavy atom. The average Bonchev–Trinajstić information content (AvgIpc) is 3.84. The lowest BCUT2D eigenvalue weighted by atomic mass is 9.98. The van der Waals surface area contributed by atoms with Gasteiger partial charge >= 0.3 is 22.8 Å². The smallest absolute Gasteiger partial charge is 0.316 e. The minimum atomic E-state index is -0.555. The molecular weight excluding hydrogens is 672 g/mol. The quantitative estimate of drug-likeness (QED) is 0.125. The molecule has 16 nitrogen and oxygen atoms in total. The normalized spacial score (nSPS) is 12.9. The summed E-state index contributed by atoms with van der Waals surface area (Å²) < 4.78 is 0. The topological polar surface area (TPSA) is 236 Å². The van der Waals surface area contributed by atoms with Crippen molar-refractivity contribution in [3.63, 3.8) is 0 Å². The molecule has 4 aromatic heterocycles. The first-order valence-corrected chi connectivity index (χ1v) is 17.8. The zero-order chi connectivity index (χ0) is 38.3. The van der Waals surface area contributed by atoms with Gasteiger partial charge < -0.3 is 19.9 Å². The Morgan fingerprint density at radius 3 is 0.635 bits per heavy atom. The molecule has 0 fully saturated rings. The van der Waals surface area contributed by atoms with E-state index in [9.17, 15) is 40.5 Å². The number of nitrogens with one attached hydrogen (secondary N) is 4. The van der Waals surface area contributed by atoms with Crippen molar-refractivity contribution in [2.75, 3.05) is 0 Å². The lowest BCUT2D eigenvalue weighted by molar-refractivity contribution is -0.378. The fourth-order valence-electron chi connectivity index (χ4n) is 8.28. The zero-order valence-corrected chi connectivity index (χ0v) is 30.7. The fourth-order valence-corrected chi connectivity index (χ4v) is 8.28. The molecule has 0 unspecified atom stereocenters. The molecule has 52 heavy (non-hydrogen) atoms. The lowest BCUT2D eigenvalue weighted by Crippen LogP contribution is -2.25. The lowest BCUT2D eigenvalue weighted by Gasteiger charge is -2.04. The predicted octanol–water partition coefficient (Wildman–Crippen LogP) is 3.54. The molecule has 4 aromatic rings. The SMILES string of the molecule is CCc1c2[nH]c(c1CC)C([N+](=O)[O-])=c1[nH]c(c(CC)c1CC)=C([N+](=O)[O-])c1[nH]c(c(CC)c1CC)C([N+](=O)[O-])=c1[nH]c(c(CC)c1CC)=C2[N+](=O)[O-]. The number of aromatic amines is 4. The molecule has 5 rings (SSSR count). The molecule has 0 atom stereocenters. The van der Waals surface area contributed by atoms with Crippen LogP contribution >= 0.6 is 0 Å². The van der Waals surface area contributed by atoms with E-state index in [0.717, 1.165) is 0 Å². The molecule has 16 heteroatoms. The summed E-state index contributed by atoms with van der Waals surface area (Å²) in [6, 6.07) is 0. The molecule has 0 amide bonds. The van der Waals surface area contributed by atoms with E-state index in [1.54, 1.807) is 55.4 Å². The van der Waals surface area contributed by atoms with Gasteiger partial charge in [-0.15, -0.1) is 0 Å². The summed E-state index contributed by atoms with van der Waals surface area (Å²) in [6.45, 7) is 14.4. The van der Waals surface area contributed by atoms with Crippen LogP contribution in [0.2, 0.25) is 0 Å². The van der Waals surface area contributed by atoms with E-state index in [0.29, 0.717) is 44.5 Å². The Kier molecular flexibility index (Phi) is 10.4. The van der Waals surface area contributed by atoms with Crippen LogP contribution < -0.4 is 21.4 Å². The first-order chi connectivity index (χ1) is 24.8. The number of nitro groups is 4. The number of hydrogen-bond donors (Lipinski definition) is 4. The number of aromatic nitrogens is 4. The van der Waals surface area contributed by atoms with Crippen LogP contribution in [0.4, 0.5) is 0 Å². The molecule has 0 radical (unpaired) electrons. The van der Waals surface area contributed by atoms with Gasteiger partial charge in [0.15, 0.2) is 0 Å². The second kappa shape index (κ2) is 14.4. The average molecular weight is 717 g/mol. The second-order valence-electron chi connectivity index (χ2n) is 12.6. The van der Waals surface area contributed by atoms with Crippen LogP contribution in [-0.4, -0.2) is 39.6 Å². The minimum Gasteiger partial charge on any atom is -0.344 e. The predicted molar refractivity (Wildman–Crippen MR) is 195 cm³/mol. The summed E-state index contributed by atoms with van der Waals surface area (Å²) in [5, 5.41) is 53.1. The molecule has 0 aliphatic carbocycles. The molecule has 4 N–H and O–H groups in total. The Bertz CT molecular complexity index is 2100. The summed E-state index contributed by atoms with van der Waals surface area (Å²) in [5.41, 5.74) is 2.66. The molecule has 1 aliphatic rings. The van der Waals surface area contributed by atoms with Gasteiger partial charge in [-0.2, -0.15) is 0 Å². The fraction of sp³-hybridized carbons (Fsp3) is 0.444. The molecule has 276 valence electrons. The number of H-pyrrole nitrogens is 4. The van der Waals surface area contributed by atoms with E-state index >= 15 is 0 Å². The van der Waals surface area contributed by atoms with Gasteiger partial charge in [0, 0.05) is 0 Å². The van der Waals surface area contributed by atoms with Crippen molar-refractivity contribution in [1.82, 2.24) is 19.9 Å². The van der Waals surface area contributed by atoms with Crippen molar-refractivity contribution in [2.24, 2.45) is 0 Å². The van der Waals surface area contributed by atoms with Gasteiger partial charge in [0.2, 0.25) is 0 Å². The van der Waals surface area contributed by atoms with Crippen LogP contribution in [0.25, 0.3) is 22.8 Å². The molecular formula is C36H44N8O8. The van der Waals surface area contributed by atoms with Crippen molar-refractivity contribution >= 4 is 22.8 Å². The van der Waals surface area contributed by atoms with Crippen LogP contribution in [0.15, 0.2) is 0 Å². The van der Waals surface area contributed by atoms with Crippen LogP contribution in [-0.2, 0) is 51.4 Å². The van der Waals surface area contributed by atoms with Crippen molar-refractivity contribution in [2.45, 2.75) is 107 Å². The summed E-state index contributed by atoms with van der Waals surface area (Å²) in [7, 11) is 0. The highest BCUT2D eigenvalue weighted by molar-refractivity contribution is 5.73. The van der Waals surface area contributed by atoms with Crippen LogP contribution in [0.5, 0.6) is 0 Å². The Labute approximate surface area is 298 Å². The first-order valence-electron chi connectivity index (χ1n) is 17.8. The van der Waals surface area contributed by atoms with Gasteiger partial charge in [-0.3, -0.25) is 40.5 Å². The first kappa shape index (κ1) is 37.5. The molecule has 5 heterocycles. The molecule has 0 aromatic carbocycles. The van der Waals surface area contributed by atoms with Crippen LogP contribution in [0.3, 0.4) is 0 Å². The van der Waals surface area contributed by atoms with E-state index in [4.69, 9.17) is 0 Å². The highest BCUT2D eigenvalue weighted by atomic mass is 16.6. The maximum absolute atomic E-state index is 13.2. The van der Waals surface area contributed by atoms with E-state index in [1.807, 2.05) is 0 Å². The molecule has 0 saturated heterocycles. The van der Waals surface area contributed by atoms with Gasteiger partial charge in [-0.05, 0) is 95.9 Å². The van der Waals surface area contributed by atoms with Gasteiger partial charge in [0.1, 0.15) is 44.2 Å². The third-order valence-corrected chi connectivity index (χ3v) is 10.3. The van der Waals surface area contributed by atoms with Crippen molar-refractivity contribution < 1.29 is 19.7 Å². The number of rotatable bonds is 12. The van der Waals surface area contributed by atoms with E-state index in [-0.39, 0.29) is 118 Å². The van der Waals surface area contributed by atoms with Gasteiger partial charge in [0.05, 0.1) is 19.7 Å². The Hall–Kier alpha value is -5.80. The summed E-state index contributed by atoms with van der Waals surface area (Å²) in [5.74, 6) is 0. The third-order valence-electron chi connectivity index (χ3n) is 10.3. The van der Waals surface area contributed by atoms with E-state index in [1.165, 1.54) is 0 Å². The maximum Gasteiger partial charge on any atom is 0.316 e. The monoisotopic (exact) mass is 716 g/mol. The van der Waals surface area contributed by atoms with E-state index < -0.39 is 19.7 Å². The number of fused-ring (bicyclic) bond motifs is 8. The maximum atomic E-state index is 13.2. The molecule has 8 bridgehead atoms. The van der Waals surface area contributed by atoms with Gasteiger partial charge in [-0.25, -0.2) is 0 Å². The largest absolute Gasteiger partial charge is 0.344 e.